The molecule has 0 bridgehead atoms. The lowest BCUT2D eigenvalue weighted by molar-refractivity contribution is 0.205. The standard InChI is InChI=1S/C9H17N3/c1-2-5-12-6-3-9(4-7-12)11-8-10/h9,11H,2-7H2,1H3. The van der Waals surface area contributed by atoms with Crippen LogP contribution in [0.25, 0.3) is 0 Å². The van der Waals surface area contributed by atoms with Crippen LogP contribution in [0, 0.1) is 11.5 Å². The van der Waals surface area contributed by atoms with Crippen molar-refractivity contribution in [1.82, 2.24) is 10.2 Å². The Morgan fingerprint density at radius 1 is 1.50 bits per heavy atom. The molecule has 0 saturated carbocycles. The van der Waals surface area contributed by atoms with Gasteiger partial charge in [0, 0.05) is 19.1 Å². The van der Waals surface area contributed by atoms with Gasteiger partial charge in [0.1, 0.15) is 0 Å². The van der Waals surface area contributed by atoms with Crippen LogP contribution in [0.5, 0.6) is 0 Å². The van der Waals surface area contributed by atoms with Gasteiger partial charge in [0.05, 0.1) is 0 Å². The van der Waals surface area contributed by atoms with Crippen LogP contribution in [0.4, 0.5) is 0 Å². The van der Waals surface area contributed by atoms with Crippen molar-refractivity contribution < 1.29 is 0 Å². The van der Waals surface area contributed by atoms with Crippen LogP contribution in [-0.4, -0.2) is 30.6 Å². The lowest BCUT2D eigenvalue weighted by atomic mass is 10.1. The average molecular weight is 167 g/mol. The first kappa shape index (κ1) is 9.34. The zero-order chi connectivity index (χ0) is 8.81. The van der Waals surface area contributed by atoms with Crippen molar-refractivity contribution in [3.63, 3.8) is 0 Å². The summed E-state index contributed by atoms with van der Waals surface area (Å²) in [5, 5.41) is 11.2. The number of hydrogen-bond donors (Lipinski definition) is 1. The van der Waals surface area contributed by atoms with Crippen LogP contribution in [0.1, 0.15) is 26.2 Å². The lowest BCUT2D eigenvalue weighted by Crippen LogP contribution is -2.41. The fourth-order valence-corrected chi connectivity index (χ4v) is 1.71. The summed E-state index contributed by atoms with van der Waals surface area (Å²) in [5.41, 5.74) is 0. The molecule has 0 aromatic rings. The molecule has 0 unspecified atom stereocenters. The van der Waals surface area contributed by atoms with Crippen molar-refractivity contribution in [2.24, 2.45) is 0 Å². The smallest absolute Gasteiger partial charge is 0.176 e. The molecule has 1 rings (SSSR count). The highest BCUT2D eigenvalue weighted by Gasteiger charge is 2.17. The van der Waals surface area contributed by atoms with E-state index in [-0.39, 0.29) is 0 Å². The van der Waals surface area contributed by atoms with Gasteiger partial charge in [0.15, 0.2) is 6.19 Å². The second-order valence-corrected chi connectivity index (χ2v) is 3.37. The molecule has 3 nitrogen and oxygen atoms in total. The van der Waals surface area contributed by atoms with Gasteiger partial charge < -0.3 is 10.2 Å². The summed E-state index contributed by atoms with van der Waals surface area (Å²) in [4.78, 5) is 2.47. The highest BCUT2D eigenvalue weighted by Crippen LogP contribution is 2.09. The molecular weight excluding hydrogens is 150 g/mol. The number of hydrogen-bond acceptors (Lipinski definition) is 3. The number of likely N-dealkylation sites (tertiary alicyclic amines) is 1. The topological polar surface area (TPSA) is 39.1 Å². The van der Waals surface area contributed by atoms with E-state index in [0.717, 1.165) is 25.9 Å². The van der Waals surface area contributed by atoms with Gasteiger partial charge in [-0.3, -0.25) is 0 Å². The second kappa shape index (κ2) is 5.00. The minimum Gasteiger partial charge on any atom is -0.321 e. The van der Waals surface area contributed by atoms with Crippen molar-refractivity contribution in [2.45, 2.75) is 32.2 Å². The molecule has 0 amide bonds. The fraction of sp³-hybridized carbons (Fsp3) is 0.889. The molecule has 1 aliphatic rings. The van der Waals surface area contributed by atoms with Crippen molar-refractivity contribution in [3.05, 3.63) is 0 Å². The molecule has 68 valence electrons. The molecule has 1 saturated heterocycles. The van der Waals surface area contributed by atoms with Crippen molar-refractivity contribution >= 4 is 0 Å². The van der Waals surface area contributed by atoms with Gasteiger partial charge >= 0.3 is 0 Å². The van der Waals surface area contributed by atoms with Crippen LogP contribution >= 0.6 is 0 Å². The van der Waals surface area contributed by atoms with Crippen LogP contribution in [-0.2, 0) is 0 Å². The lowest BCUT2D eigenvalue weighted by Gasteiger charge is -2.30. The third-order valence-corrected chi connectivity index (χ3v) is 2.40. The summed E-state index contributed by atoms with van der Waals surface area (Å²) in [5.74, 6) is 0. The highest BCUT2D eigenvalue weighted by atomic mass is 15.1. The molecule has 0 spiro atoms. The zero-order valence-electron chi connectivity index (χ0n) is 7.71. The Labute approximate surface area is 74.4 Å². The molecule has 1 aliphatic heterocycles. The van der Waals surface area contributed by atoms with E-state index in [0.29, 0.717) is 6.04 Å². The maximum absolute atomic E-state index is 8.41. The predicted octanol–water partition coefficient (Wildman–Crippen LogP) is 0.931. The van der Waals surface area contributed by atoms with Crippen molar-refractivity contribution in [2.75, 3.05) is 19.6 Å². The Balaban J connectivity index is 2.16. The number of rotatable bonds is 3. The Hall–Kier alpha value is -0.750. The average Bonchev–Trinajstić information content (AvgIpc) is 2.09. The number of nitriles is 1. The zero-order valence-corrected chi connectivity index (χ0v) is 7.71. The van der Waals surface area contributed by atoms with Gasteiger partial charge in [-0.2, -0.15) is 5.26 Å². The Morgan fingerprint density at radius 3 is 2.67 bits per heavy atom. The van der Waals surface area contributed by atoms with Gasteiger partial charge in [-0.15, -0.1) is 0 Å². The number of nitrogens with zero attached hydrogens (tertiary/aromatic N) is 2. The number of nitrogens with one attached hydrogen (secondary N) is 1. The summed E-state index contributed by atoms with van der Waals surface area (Å²) in [6.07, 6.45) is 5.49. The summed E-state index contributed by atoms with van der Waals surface area (Å²) in [7, 11) is 0. The van der Waals surface area contributed by atoms with E-state index in [9.17, 15) is 0 Å². The molecule has 1 N–H and O–H groups in total. The third kappa shape index (κ3) is 2.71. The summed E-state index contributed by atoms with van der Waals surface area (Å²) in [6.45, 7) is 5.71. The third-order valence-electron chi connectivity index (χ3n) is 2.40. The first-order valence-corrected chi connectivity index (χ1v) is 4.73. The van der Waals surface area contributed by atoms with E-state index in [1.54, 1.807) is 0 Å². The van der Waals surface area contributed by atoms with Gasteiger partial charge in [0.25, 0.3) is 0 Å². The maximum Gasteiger partial charge on any atom is 0.176 e. The molecule has 0 aromatic carbocycles. The van der Waals surface area contributed by atoms with Crippen LogP contribution < -0.4 is 5.32 Å². The maximum atomic E-state index is 8.41. The minimum absolute atomic E-state index is 0.433. The monoisotopic (exact) mass is 167 g/mol. The molecule has 12 heavy (non-hydrogen) atoms. The van der Waals surface area contributed by atoms with Gasteiger partial charge in [-0.1, -0.05) is 6.92 Å². The van der Waals surface area contributed by atoms with Gasteiger partial charge in [0.2, 0.25) is 0 Å². The van der Waals surface area contributed by atoms with Crippen LogP contribution in [0.2, 0.25) is 0 Å². The molecule has 0 radical (unpaired) electrons. The number of piperidine rings is 1. The second-order valence-electron chi connectivity index (χ2n) is 3.37. The fourth-order valence-electron chi connectivity index (χ4n) is 1.71. The molecule has 0 aromatic heterocycles. The normalized spacial score (nSPS) is 20.3. The molecule has 1 fully saturated rings. The Morgan fingerprint density at radius 2 is 2.17 bits per heavy atom. The van der Waals surface area contributed by atoms with Crippen LogP contribution in [0.15, 0.2) is 0 Å². The predicted molar refractivity (Wildman–Crippen MR) is 48.5 cm³/mol. The van der Waals surface area contributed by atoms with Crippen LogP contribution in [0.3, 0.4) is 0 Å². The van der Waals surface area contributed by atoms with E-state index in [1.165, 1.54) is 13.0 Å². The van der Waals surface area contributed by atoms with Crippen molar-refractivity contribution in [3.8, 4) is 6.19 Å². The van der Waals surface area contributed by atoms with Crippen molar-refractivity contribution in [1.29, 1.82) is 5.26 Å². The minimum atomic E-state index is 0.433. The van der Waals surface area contributed by atoms with E-state index < -0.39 is 0 Å². The highest BCUT2D eigenvalue weighted by molar-refractivity contribution is 4.81. The first-order chi connectivity index (χ1) is 5.86. The summed E-state index contributed by atoms with van der Waals surface area (Å²) < 4.78 is 0. The van der Waals surface area contributed by atoms with E-state index >= 15 is 0 Å². The Kier molecular flexibility index (Phi) is 3.89. The molecule has 0 atom stereocenters. The van der Waals surface area contributed by atoms with E-state index in [1.807, 2.05) is 6.19 Å². The Bertz CT molecular complexity index is 154. The largest absolute Gasteiger partial charge is 0.321 e. The molecule has 3 heteroatoms. The quantitative estimate of drug-likeness (QED) is 0.502. The van der Waals surface area contributed by atoms with E-state index in [4.69, 9.17) is 5.26 Å². The van der Waals surface area contributed by atoms with E-state index in [2.05, 4.69) is 17.1 Å². The van der Waals surface area contributed by atoms with Gasteiger partial charge in [-0.05, 0) is 25.8 Å². The molecule has 1 heterocycles. The molecule has 0 aliphatic carbocycles. The molecular formula is C9H17N3. The SMILES string of the molecule is CCCN1CCC(NC#N)CC1. The first-order valence-electron chi connectivity index (χ1n) is 4.73. The summed E-state index contributed by atoms with van der Waals surface area (Å²) >= 11 is 0. The summed E-state index contributed by atoms with van der Waals surface area (Å²) in [6, 6.07) is 0.433. The van der Waals surface area contributed by atoms with Gasteiger partial charge in [-0.25, -0.2) is 0 Å².